The van der Waals surface area contributed by atoms with E-state index in [0.29, 0.717) is 6.04 Å². The Morgan fingerprint density at radius 2 is 2.19 bits per heavy atom. The van der Waals surface area contributed by atoms with Gasteiger partial charge in [-0.1, -0.05) is 6.92 Å². The van der Waals surface area contributed by atoms with Gasteiger partial charge >= 0.3 is 0 Å². The van der Waals surface area contributed by atoms with Crippen LogP contribution in [0.25, 0.3) is 0 Å². The van der Waals surface area contributed by atoms with Crippen LogP contribution >= 0.6 is 22.7 Å². The number of nitrogens with one attached hydrogen (secondary N) is 1. The smallest absolute Gasteiger partial charge is 0.0679 e. The highest BCUT2D eigenvalue weighted by atomic mass is 32.1. The molecule has 1 N–H and O–H groups in total. The molecule has 0 aliphatic carbocycles. The van der Waals surface area contributed by atoms with Crippen LogP contribution in [0.3, 0.4) is 0 Å². The summed E-state index contributed by atoms with van der Waals surface area (Å²) in [6.07, 6.45) is 0. The van der Waals surface area contributed by atoms with E-state index in [-0.39, 0.29) is 0 Å². The van der Waals surface area contributed by atoms with Gasteiger partial charge in [-0.05, 0) is 54.4 Å². The summed E-state index contributed by atoms with van der Waals surface area (Å²) in [4.78, 5) is 2.85. The van der Waals surface area contributed by atoms with Crippen LogP contribution in [0.15, 0.2) is 22.9 Å². The molecular formula is C13H17NS2. The van der Waals surface area contributed by atoms with Crippen molar-refractivity contribution in [2.45, 2.75) is 26.8 Å². The fraction of sp³-hybridized carbons (Fsp3) is 0.385. The Balaban J connectivity index is 2.32. The van der Waals surface area contributed by atoms with Crippen LogP contribution in [0.5, 0.6) is 0 Å². The van der Waals surface area contributed by atoms with Gasteiger partial charge in [0, 0.05) is 9.75 Å². The summed E-state index contributed by atoms with van der Waals surface area (Å²) in [6.45, 7) is 7.54. The van der Waals surface area contributed by atoms with Crippen molar-refractivity contribution >= 4 is 22.7 Å². The summed E-state index contributed by atoms with van der Waals surface area (Å²) >= 11 is 3.67. The molecule has 0 amide bonds. The zero-order valence-corrected chi connectivity index (χ0v) is 11.5. The maximum atomic E-state index is 3.56. The maximum Gasteiger partial charge on any atom is 0.0679 e. The van der Waals surface area contributed by atoms with E-state index in [1.54, 1.807) is 11.3 Å². The van der Waals surface area contributed by atoms with Crippen molar-refractivity contribution in [3.05, 3.63) is 43.8 Å². The van der Waals surface area contributed by atoms with Crippen molar-refractivity contribution in [3.8, 4) is 0 Å². The first-order chi connectivity index (χ1) is 7.72. The molecule has 1 nitrogen and oxygen atoms in total. The van der Waals surface area contributed by atoms with E-state index in [1.165, 1.54) is 20.9 Å². The van der Waals surface area contributed by atoms with Crippen molar-refractivity contribution in [1.29, 1.82) is 0 Å². The number of rotatable bonds is 4. The van der Waals surface area contributed by atoms with Crippen LogP contribution in [0.1, 0.15) is 33.8 Å². The molecule has 0 aliphatic heterocycles. The van der Waals surface area contributed by atoms with Gasteiger partial charge in [-0.25, -0.2) is 0 Å². The molecule has 0 saturated heterocycles. The predicted molar refractivity (Wildman–Crippen MR) is 73.6 cm³/mol. The van der Waals surface area contributed by atoms with E-state index in [0.717, 1.165) is 6.54 Å². The molecule has 1 unspecified atom stereocenters. The monoisotopic (exact) mass is 251 g/mol. The lowest BCUT2D eigenvalue weighted by Gasteiger charge is -2.14. The molecule has 2 aromatic heterocycles. The molecule has 16 heavy (non-hydrogen) atoms. The standard InChI is InChI=1S/C13H17NS2/c1-4-14-13(11-5-6-15-8-11)12-7-9(2)10(3)16-12/h5-8,13-14H,4H2,1-3H3. The first-order valence-electron chi connectivity index (χ1n) is 5.54. The molecular weight excluding hydrogens is 234 g/mol. The summed E-state index contributed by atoms with van der Waals surface area (Å²) in [7, 11) is 0. The molecule has 0 aromatic carbocycles. The van der Waals surface area contributed by atoms with E-state index in [2.05, 4.69) is 49.0 Å². The highest BCUT2D eigenvalue weighted by Crippen LogP contribution is 2.31. The lowest BCUT2D eigenvalue weighted by Crippen LogP contribution is -2.20. The van der Waals surface area contributed by atoms with Crippen LogP contribution in [0.2, 0.25) is 0 Å². The first-order valence-corrected chi connectivity index (χ1v) is 7.30. The van der Waals surface area contributed by atoms with E-state index < -0.39 is 0 Å². The van der Waals surface area contributed by atoms with E-state index in [9.17, 15) is 0 Å². The van der Waals surface area contributed by atoms with Gasteiger partial charge in [0.05, 0.1) is 6.04 Å². The topological polar surface area (TPSA) is 12.0 Å². The number of aryl methyl sites for hydroxylation is 2. The number of hydrogen-bond acceptors (Lipinski definition) is 3. The Bertz CT molecular complexity index is 423. The minimum atomic E-state index is 0.369. The van der Waals surface area contributed by atoms with Crippen molar-refractivity contribution in [1.82, 2.24) is 5.32 Å². The quantitative estimate of drug-likeness (QED) is 0.861. The van der Waals surface area contributed by atoms with Gasteiger partial charge in [0.15, 0.2) is 0 Å². The van der Waals surface area contributed by atoms with Gasteiger partial charge in [-0.3, -0.25) is 0 Å². The summed E-state index contributed by atoms with van der Waals surface area (Å²) in [5.41, 5.74) is 2.78. The van der Waals surface area contributed by atoms with Crippen LogP contribution in [0.4, 0.5) is 0 Å². The average Bonchev–Trinajstić information content (AvgIpc) is 2.86. The molecule has 2 rings (SSSR count). The van der Waals surface area contributed by atoms with Crippen LogP contribution < -0.4 is 5.32 Å². The van der Waals surface area contributed by atoms with Crippen LogP contribution in [-0.2, 0) is 0 Å². The Hall–Kier alpha value is -0.640. The first kappa shape index (κ1) is 11.8. The van der Waals surface area contributed by atoms with Gasteiger partial charge in [-0.2, -0.15) is 11.3 Å². The number of thiophene rings is 2. The highest BCUT2D eigenvalue weighted by molar-refractivity contribution is 7.12. The number of hydrogen-bond donors (Lipinski definition) is 1. The molecule has 0 saturated carbocycles. The molecule has 0 aliphatic rings. The Morgan fingerprint density at radius 3 is 2.69 bits per heavy atom. The maximum absolute atomic E-state index is 3.56. The fourth-order valence-electron chi connectivity index (χ4n) is 1.77. The van der Waals surface area contributed by atoms with Gasteiger partial charge in [0.1, 0.15) is 0 Å². The van der Waals surface area contributed by atoms with Gasteiger partial charge in [-0.15, -0.1) is 11.3 Å². The summed E-state index contributed by atoms with van der Waals surface area (Å²) < 4.78 is 0. The Kier molecular flexibility index (Phi) is 3.79. The van der Waals surface area contributed by atoms with Gasteiger partial charge in [0.2, 0.25) is 0 Å². The third-order valence-corrected chi connectivity index (χ3v) is 4.67. The normalized spacial score (nSPS) is 12.9. The molecule has 1 atom stereocenters. The van der Waals surface area contributed by atoms with Crippen molar-refractivity contribution < 1.29 is 0 Å². The molecule has 0 bridgehead atoms. The van der Waals surface area contributed by atoms with Crippen LogP contribution in [0, 0.1) is 13.8 Å². The molecule has 86 valence electrons. The summed E-state index contributed by atoms with van der Waals surface area (Å²) in [5, 5.41) is 7.94. The Morgan fingerprint density at radius 1 is 1.38 bits per heavy atom. The zero-order chi connectivity index (χ0) is 11.5. The van der Waals surface area contributed by atoms with E-state index in [1.807, 2.05) is 11.3 Å². The van der Waals surface area contributed by atoms with Crippen molar-refractivity contribution in [2.24, 2.45) is 0 Å². The van der Waals surface area contributed by atoms with Crippen LogP contribution in [-0.4, -0.2) is 6.54 Å². The second kappa shape index (κ2) is 5.13. The molecule has 0 radical (unpaired) electrons. The average molecular weight is 251 g/mol. The lowest BCUT2D eigenvalue weighted by atomic mass is 10.1. The van der Waals surface area contributed by atoms with E-state index >= 15 is 0 Å². The third-order valence-electron chi connectivity index (χ3n) is 2.75. The van der Waals surface area contributed by atoms with E-state index in [4.69, 9.17) is 0 Å². The predicted octanol–water partition coefficient (Wildman–Crippen LogP) is 4.13. The summed E-state index contributed by atoms with van der Waals surface area (Å²) in [5.74, 6) is 0. The second-order valence-electron chi connectivity index (χ2n) is 3.94. The van der Waals surface area contributed by atoms with Crippen molar-refractivity contribution in [2.75, 3.05) is 6.54 Å². The zero-order valence-electron chi connectivity index (χ0n) is 9.91. The Labute approximate surface area is 105 Å². The van der Waals surface area contributed by atoms with Gasteiger partial charge in [0.25, 0.3) is 0 Å². The minimum absolute atomic E-state index is 0.369. The molecule has 0 fully saturated rings. The third kappa shape index (κ3) is 2.37. The van der Waals surface area contributed by atoms with Gasteiger partial charge < -0.3 is 5.32 Å². The minimum Gasteiger partial charge on any atom is -0.306 e. The lowest BCUT2D eigenvalue weighted by molar-refractivity contribution is 0.641. The molecule has 2 aromatic rings. The molecule has 3 heteroatoms. The second-order valence-corrected chi connectivity index (χ2v) is 6.00. The largest absolute Gasteiger partial charge is 0.306 e. The summed E-state index contributed by atoms with van der Waals surface area (Å²) in [6, 6.07) is 4.89. The highest BCUT2D eigenvalue weighted by Gasteiger charge is 2.16. The van der Waals surface area contributed by atoms with Crippen molar-refractivity contribution in [3.63, 3.8) is 0 Å². The fourth-order valence-corrected chi connectivity index (χ4v) is 3.60. The SMILES string of the molecule is CCNC(c1ccsc1)c1cc(C)c(C)s1. The molecule has 0 spiro atoms. The molecule has 2 heterocycles.